The summed E-state index contributed by atoms with van der Waals surface area (Å²) in [5.74, 6) is 0. The zero-order chi connectivity index (χ0) is 12.3. The Morgan fingerprint density at radius 3 is 2.82 bits per heavy atom. The van der Waals surface area contributed by atoms with E-state index < -0.39 is 0 Å². The first-order valence-corrected chi connectivity index (χ1v) is 6.80. The molecule has 2 heterocycles. The molecule has 0 saturated carbocycles. The second-order valence-corrected chi connectivity index (χ2v) is 5.79. The van der Waals surface area contributed by atoms with Crippen molar-refractivity contribution < 1.29 is 0 Å². The van der Waals surface area contributed by atoms with E-state index in [0.29, 0.717) is 0 Å². The van der Waals surface area contributed by atoms with Crippen molar-refractivity contribution in [2.75, 3.05) is 6.54 Å². The maximum atomic E-state index is 5.94. The molecule has 92 valence electrons. The van der Waals surface area contributed by atoms with Gasteiger partial charge >= 0.3 is 0 Å². The molecule has 3 nitrogen and oxygen atoms in total. The van der Waals surface area contributed by atoms with Crippen LogP contribution in [-0.4, -0.2) is 16.3 Å². The van der Waals surface area contributed by atoms with E-state index in [9.17, 15) is 0 Å². The number of thiophene rings is 1. The SMILES string of the molecule is Cc1ccc(CNCCn2cc(Cl)c(C)n2)s1. The predicted molar refractivity (Wildman–Crippen MR) is 72.7 cm³/mol. The monoisotopic (exact) mass is 269 g/mol. The molecule has 0 atom stereocenters. The van der Waals surface area contributed by atoms with E-state index in [1.54, 1.807) is 0 Å². The molecule has 0 saturated heterocycles. The van der Waals surface area contributed by atoms with E-state index in [4.69, 9.17) is 11.6 Å². The summed E-state index contributed by atoms with van der Waals surface area (Å²) in [7, 11) is 0. The summed E-state index contributed by atoms with van der Waals surface area (Å²) in [6.45, 7) is 6.71. The molecular formula is C12H16ClN3S. The Morgan fingerprint density at radius 1 is 1.41 bits per heavy atom. The Bertz CT molecular complexity index is 470. The van der Waals surface area contributed by atoms with E-state index >= 15 is 0 Å². The molecule has 17 heavy (non-hydrogen) atoms. The van der Waals surface area contributed by atoms with Crippen LogP contribution < -0.4 is 5.32 Å². The average Bonchev–Trinajstić information content (AvgIpc) is 2.82. The van der Waals surface area contributed by atoms with Gasteiger partial charge in [0.15, 0.2) is 0 Å². The smallest absolute Gasteiger partial charge is 0.0814 e. The highest BCUT2D eigenvalue weighted by atomic mass is 35.5. The lowest BCUT2D eigenvalue weighted by atomic mass is 10.4. The van der Waals surface area contributed by atoms with Crippen molar-refractivity contribution in [3.05, 3.63) is 38.8 Å². The fraction of sp³-hybridized carbons (Fsp3) is 0.417. The highest BCUT2D eigenvalue weighted by molar-refractivity contribution is 7.11. The van der Waals surface area contributed by atoms with Crippen molar-refractivity contribution in [3.8, 4) is 0 Å². The van der Waals surface area contributed by atoms with Crippen LogP contribution in [0.1, 0.15) is 15.4 Å². The third-order valence-electron chi connectivity index (χ3n) is 2.50. The Hall–Kier alpha value is -0.840. The van der Waals surface area contributed by atoms with Gasteiger partial charge < -0.3 is 5.32 Å². The quantitative estimate of drug-likeness (QED) is 0.846. The minimum Gasteiger partial charge on any atom is -0.310 e. The van der Waals surface area contributed by atoms with Crippen LogP contribution >= 0.6 is 22.9 Å². The van der Waals surface area contributed by atoms with E-state index in [-0.39, 0.29) is 0 Å². The van der Waals surface area contributed by atoms with Gasteiger partial charge in [0.2, 0.25) is 0 Å². The first kappa shape index (κ1) is 12.6. The molecule has 0 amide bonds. The van der Waals surface area contributed by atoms with Gasteiger partial charge in [0, 0.05) is 29.0 Å². The lowest BCUT2D eigenvalue weighted by molar-refractivity contribution is 0.554. The van der Waals surface area contributed by atoms with Gasteiger partial charge in [0.25, 0.3) is 0 Å². The van der Waals surface area contributed by atoms with Crippen LogP contribution in [0.25, 0.3) is 0 Å². The van der Waals surface area contributed by atoms with Crippen LogP contribution in [0.2, 0.25) is 5.02 Å². The van der Waals surface area contributed by atoms with Crippen LogP contribution in [0.3, 0.4) is 0 Å². The number of nitrogens with zero attached hydrogens (tertiary/aromatic N) is 2. The lowest BCUT2D eigenvalue weighted by Gasteiger charge is -2.03. The number of aromatic nitrogens is 2. The van der Waals surface area contributed by atoms with Crippen molar-refractivity contribution in [1.29, 1.82) is 0 Å². The first-order chi connectivity index (χ1) is 8.15. The van der Waals surface area contributed by atoms with Gasteiger partial charge in [-0.2, -0.15) is 5.10 Å². The van der Waals surface area contributed by atoms with Crippen LogP contribution in [0.5, 0.6) is 0 Å². The number of halogens is 1. The lowest BCUT2D eigenvalue weighted by Crippen LogP contribution is -2.19. The average molecular weight is 270 g/mol. The highest BCUT2D eigenvalue weighted by Gasteiger charge is 2.01. The predicted octanol–water partition coefficient (Wildman–Crippen LogP) is 3.00. The largest absolute Gasteiger partial charge is 0.310 e. The van der Waals surface area contributed by atoms with Crippen LogP contribution in [0, 0.1) is 13.8 Å². The number of hydrogen-bond donors (Lipinski definition) is 1. The first-order valence-electron chi connectivity index (χ1n) is 5.61. The summed E-state index contributed by atoms with van der Waals surface area (Å²) in [6.07, 6.45) is 1.87. The number of hydrogen-bond acceptors (Lipinski definition) is 3. The number of rotatable bonds is 5. The molecule has 0 aliphatic carbocycles. The normalized spacial score (nSPS) is 11.0. The van der Waals surface area contributed by atoms with Gasteiger partial charge in [0.1, 0.15) is 0 Å². The molecule has 0 aliphatic rings. The fourth-order valence-electron chi connectivity index (χ4n) is 1.59. The minimum atomic E-state index is 0.735. The molecule has 0 fully saturated rings. The summed E-state index contributed by atoms with van der Waals surface area (Å²) in [5.41, 5.74) is 0.889. The number of aryl methyl sites for hydroxylation is 2. The molecule has 0 unspecified atom stereocenters. The van der Waals surface area contributed by atoms with Crippen molar-refractivity contribution in [2.24, 2.45) is 0 Å². The third kappa shape index (κ3) is 3.56. The Balaban J connectivity index is 1.73. The molecule has 2 rings (SSSR count). The minimum absolute atomic E-state index is 0.735. The van der Waals surface area contributed by atoms with Gasteiger partial charge in [-0.25, -0.2) is 0 Å². The van der Waals surface area contributed by atoms with Crippen molar-refractivity contribution in [1.82, 2.24) is 15.1 Å². The topological polar surface area (TPSA) is 29.9 Å². The zero-order valence-corrected chi connectivity index (χ0v) is 11.6. The molecule has 0 bridgehead atoms. The molecule has 0 aliphatic heterocycles. The van der Waals surface area contributed by atoms with E-state index in [1.807, 2.05) is 29.1 Å². The van der Waals surface area contributed by atoms with Gasteiger partial charge in [-0.15, -0.1) is 11.3 Å². The van der Waals surface area contributed by atoms with Crippen molar-refractivity contribution >= 4 is 22.9 Å². The third-order valence-corrected chi connectivity index (χ3v) is 3.87. The van der Waals surface area contributed by atoms with Crippen LogP contribution in [0.15, 0.2) is 18.3 Å². The van der Waals surface area contributed by atoms with E-state index in [2.05, 4.69) is 29.5 Å². The van der Waals surface area contributed by atoms with E-state index in [0.717, 1.165) is 30.4 Å². The maximum absolute atomic E-state index is 5.94. The molecule has 0 spiro atoms. The summed E-state index contributed by atoms with van der Waals surface area (Å²) in [4.78, 5) is 2.73. The van der Waals surface area contributed by atoms with Gasteiger partial charge in [0.05, 0.1) is 17.3 Å². The second kappa shape index (κ2) is 5.67. The molecular weight excluding hydrogens is 254 g/mol. The highest BCUT2D eigenvalue weighted by Crippen LogP contribution is 2.14. The number of nitrogens with one attached hydrogen (secondary N) is 1. The molecule has 2 aromatic rings. The van der Waals surface area contributed by atoms with Crippen LogP contribution in [0.4, 0.5) is 0 Å². The van der Waals surface area contributed by atoms with Crippen molar-refractivity contribution in [3.63, 3.8) is 0 Å². The van der Waals surface area contributed by atoms with Gasteiger partial charge in [-0.05, 0) is 26.0 Å². The standard InChI is InChI=1S/C12H16ClN3S/c1-9-3-4-11(17-9)7-14-5-6-16-8-12(13)10(2)15-16/h3-4,8,14H,5-7H2,1-2H3. The van der Waals surface area contributed by atoms with Crippen molar-refractivity contribution in [2.45, 2.75) is 26.9 Å². The van der Waals surface area contributed by atoms with Gasteiger partial charge in [-0.3, -0.25) is 4.68 Å². The second-order valence-electron chi connectivity index (χ2n) is 4.01. The Labute approximate surface area is 110 Å². The summed E-state index contributed by atoms with van der Waals surface area (Å²) in [5, 5.41) is 8.44. The van der Waals surface area contributed by atoms with Gasteiger partial charge in [-0.1, -0.05) is 11.6 Å². The molecule has 0 radical (unpaired) electrons. The maximum Gasteiger partial charge on any atom is 0.0814 e. The van der Waals surface area contributed by atoms with E-state index in [1.165, 1.54) is 9.75 Å². The molecule has 2 aromatic heterocycles. The molecule has 5 heteroatoms. The Kier molecular flexibility index (Phi) is 4.20. The van der Waals surface area contributed by atoms with Crippen LogP contribution in [-0.2, 0) is 13.1 Å². The fourth-order valence-corrected chi connectivity index (χ4v) is 2.60. The summed E-state index contributed by atoms with van der Waals surface area (Å²) < 4.78 is 1.88. The molecule has 0 aromatic carbocycles. The Morgan fingerprint density at radius 2 is 2.24 bits per heavy atom. The summed E-state index contributed by atoms with van der Waals surface area (Å²) >= 11 is 7.77. The zero-order valence-electron chi connectivity index (χ0n) is 10.0. The molecule has 1 N–H and O–H groups in total. The summed E-state index contributed by atoms with van der Waals surface area (Å²) in [6, 6.07) is 4.32.